The number of hydrogen-bond donors (Lipinski definition) is 1. The van der Waals surface area contributed by atoms with Crippen LogP contribution in [0.3, 0.4) is 0 Å². The summed E-state index contributed by atoms with van der Waals surface area (Å²) in [6, 6.07) is 5.61. The van der Waals surface area contributed by atoms with Crippen LogP contribution in [0.4, 0.5) is 0 Å². The van der Waals surface area contributed by atoms with E-state index in [1.807, 2.05) is 25.1 Å². The Kier molecular flexibility index (Phi) is 6.35. The van der Waals surface area contributed by atoms with E-state index in [-0.39, 0.29) is 17.9 Å². The summed E-state index contributed by atoms with van der Waals surface area (Å²) in [7, 11) is 3.17. The normalized spacial score (nSPS) is 24.1. The van der Waals surface area contributed by atoms with Crippen LogP contribution >= 0.6 is 0 Å². The number of ketones is 1. The number of allylic oxidation sites excluding steroid dienone is 3. The van der Waals surface area contributed by atoms with Crippen LogP contribution in [0.25, 0.3) is 0 Å². The van der Waals surface area contributed by atoms with Crippen LogP contribution in [-0.4, -0.2) is 32.1 Å². The van der Waals surface area contributed by atoms with Gasteiger partial charge in [-0.05, 0) is 56.7 Å². The Labute approximate surface area is 183 Å². The van der Waals surface area contributed by atoms with Crippen LogP contribution in [0.5, 0.6) is 11.5 Å². The maximum atomic E-state index is 13.4. The molecule has 31 heavy (non-hydrogen) atoms. The van der Waals surface area contributed by atoms with E-state index in [2.05, 4.69) is 11.4 Å². The largest absolute Gasteiger partial charge is 0.493 e. The lowest BCUT2D eigenvalue weighted by atomic mass is 9.71. The van der Waals surface area contributed by atoms with Crippen molar-refractivity contribution in [3.8, 4) is 11.5 Å². The molecule has 166 valence electrons. The summed E-state index contributed by atoms with van der Waals surface area (Å²) in [6.45, 7) is 1.89. The highest BCUT2D eigenvalue weighted by atomic mass is 16.5. The molecule has 1 fully saturated rings. The van der Waals surface area contributed by atoms with Crippen LogP contribution in [0.2, 0.25) is 0 Å². The maximum absolute atomic E-state index is 13.4. The van der Waals surface area contributed by atoms with Crippen molar-refractivity contribution in [1.29, 1.82) is 0 Å². The lowest BCUT2D eigenvalue weighted by Gasteiger charge is -2.38. The van der Waals surface area contributed by atoms with Gasteiger partial charge in [0.2, 0.25) is 0 Å². The minimum atomic E-state index is -0.426. The van der Waals surface area contributed by atoms with Gasteiger partial charge in [-0.3, -0.25) is 4.79 Å². The molecule has 2 atom stereocenters. The van der Waals surface area contributed by atoms with Crippen LogP contribution in [0, 0.1) is 5.92 Å². The molecular weight excluding hydrogens is 394 g/mol. The number of nitrogens with one attached hydrogen (secondary N) is 1. The number of Topliss-reactive ketones (excluding diaryl/α,β-unsaturated/α-hetero) is 1. The molecule has 1 aromatic carbocycles. The van der Waals surface area contributed by atoms with Gasteiger partial charge in [0, 0.05) is 23.7 Å². The van der Waals surface area contributed by atoms with E-state index in [0.717, 1.165) is 42.6 Å². The van der Waals surface area contributed by atoms with Gasteiger partial charge in [-0.2, -0.15) is 0 Å². The van der Waals surface area contributed by atoms with Crippen molar-refractivity contribution in [1.82, 2.24) is 5.32 Å². The fraction of sp³-hybridized carbons (Fsp3) is 0.520. The fourth-order valence-electron chi connectivity index (χ4n) is 5.09. The van der Waals surface area contributed by atoms with Crippen molar-refractivity contribution >= 4 is 11.8 Å². The Balaban J connectivity index is 1.77. The summed E-state index contributed by atoms with van der Waals surface area (Å²) in [5, 5.41) is 3.33. The van der Waals surface area contributed by atoms with Crippen LogP contribution < -0.4 is 14.8 Å². The Morgan fingerprint density at radius 2 is 1.77 bits per heavy atom. The van der Waals surface area contributed by atoms with E-state index in [1.165, 1.54) is 6.42 Å². The zero-order chi connectivity index (χ0) is 22.0. The van der Waals surface area contributed by atoms with Gasteiger partial charge in [-0.1, -0.05) is 18.6 Å². The quantitative estimate of drug-likeness (QED) is 0.705. The SMILES string of the molecule is COc1ccc(C2C(C(=O)OC3CCCCC3)=C(C)NC3=CCCC(=O)C32)cc1OC. The highest BCUT2D eigenvalue weighted by Crippen LogP contribution is 2.45. The molecule has 1 aromatic rings. The minimum Gasteiger partial charge on any atom is -0.493 e. The van der Waals surface area contributed by atoms with E-state index in [9.17, 15) is 9.59 Å². The molecular formula is C25H31NO5. The number of esters is 1. The Hall–Kier alpha value is -2.76. The third-order valence-electron chi connectivity index (χ3n) is 6.63. The van der Waals surface area contributed by atoms with Gasteiger partial charge in [0.15, 0.2) is 11.5 Å². The van der Waals surface area contributed by atoms with E-state index in [0.29, 0.717) is 29.9 Å². The predicted octanol–water partition coefficient (Wildman–Crippen LogP) is 4.40. The van der Waals surface area contributed by atoms with Crippen molar-refractivity contribution < 1.29 is 23.8 Å². The molecule has 0 aromatic heterocycles. The average molecular weight is 426 g/mol. The molecule has 0 amide bonds. The second kappa shape index (κ2) is 9.16. The minimum absolute atomic E-state index is 0.0494. The van der Waals surface area contributed by atoms with E-state index < -0.39 is 11.8 Å². The topological polar surface area (TPSA) is 73.9 Å². The van der Waals surface area contributed by atoms with Gasteiger partial charge in [0.25, 0.3) is 0 Å². The van der Waals surface area contributed by atoms with Gasteiger partial charge < -0.3 is 19.5 Å². The van der Waals surface area contributed by atoms with Gasteiger partial charge in [-0.15, -0.1) is 0 Å². The maximum Gasteiger partial charge on any atom is 0.336 e. The average Bonchev–Trinajstić information content (AvgIpc) is 2.78. The van der Waals surface area contributed by atoms with E-state index >= 15 is 0 Å². The van der Waals surface area contributed by atoms with Gasteiger partial charge in [0.1, 0.15) is 11.9 Å². The molecule has 0 saturated heterocycles. The zero-order valence-corrected chi connectivity index (χ0v) is 18.5. The van der Waals surface area contributed by atoms with Crippen LogP contribution in [0.1, 0.15) is 63.4 Å². The smallest absolute Gasteiger partial charge is 0.336 e. The number of rotatable bonds is 5. The summed E-state index contributed by atoms with van der Waals surface area (Å²) in [5.74, 6) is 0.151. The molecule has 1 saturated carbocycles. The van der Waals surface area contributed by atoms with Crippen molar-refractivity contribution in [2.45, 2.75) is 63.9 Å². The Bertz CT molecular complexity index is 926. The molecule has 0 spiro atoms. The number of hydrogen-bond acceptors (Lipinski definition) is 6. The number of methoxy groups -OCH3 is 2. The summed E-state index contributed by atoms with van der Waals surface area (Å²) >= 11 is 0. The lowest BCUT2D eigenvalue weighted by Crippen LogP contribution is -2.41. The number of ether oxygens (including phenoxy) is 3. The van der Waals surface area contributed by atoms with Crippen molar-refractivity contribution in [2.24, 2.45) is 5.92 Å². The van der Waals surface area contributed by atoms with Crippen LogP contribution in [0.15, 0.2) is 41.2 Å². The standard InChI is InChI=1S/C25H31NO5/c1-15-22(25(28)31-17-8-5-4-6-9-17)23(24-18(26-15)10-7-11-19(24)27)16-12-13-20(29-2)21(14-16)30-3/h10,12-14,17,23-24,26H,4-9,11H2,1-3H3. The summed E-state index contributed by atoms with van der Waals surface area (Å²) < 4.78 is 16.8. The van der Waals surface area contributed by atoms with Gasteiger partial charge >= 0.3 is 5.97 Å². The molecule has 6 nitrogen and oxygen atoms in total. The first kappa shape index (κ1) is 21.5. The predicted molar refractivity (Wildman–Crippen MR) is 117 cm³/mol. The second-order valence-electron chi connectivity index (χ2n) is 8.56. The Morgan fingerprint density at radius 3 is 2.48 bits per heavy atom. The number of fused-ring (bicyclic) bond motifs is 1. The highest BCUT2D eigenvalue weighted by molar-refractivity contribution is 5.96. The van der Waals surface area contributed by atoms with Crippen molar-refractivity contribution in [3.05, 3.63) is 46.8 Å². The van der Waals surface area contributed by atoms with Gasteiger partial charge in [-0.25, -0.2) is 4.79 Å². The molecule has 0 radical (unpaired) electrons. The molecule has 3 aliphatic rings. The molecule has 0 bridgehead atoms. The number of benzene rings is 1. The summed E-state index contributed by atoms with van der Waals surface area (Å²) in [6.07, 6.45) is 8.38. The molecule has 1 aliphatic heterocycles. The molecule has 2 unspecified atom stereocenters. The fourth-order valence-corrected chi connectivity index (χ4v) is 5.09. The summed E-state index contributed by atoms with van der Waals surface area (Å²) in [4.78, 5) is 26.5. The molecule has 1 heterocycles. The van der Waals surface area contributed by atoms with E-state index in [1.54, 1.807) is 14.2 Å². The van der Waals surface area contributed by atoms with Gasteiger partial charge in [0.05, 0.1) is 25.7 Å². The van der Waals surface area contributed by atoms with Crippen molar-refractivity contribution in [2.75, 3.05) is 14.2 Å². The van der Waals surface area contributed by atoms with Crippen LogP contribution in [-0.2, 0) is 14.3 Å². The second-order valence-corrected chi connectivity index (χ2v) is 8.56. The Morgan fingerprint density at radius 1 is 1.03 bits per heavy atom. The molecule has 1 N–H and O–H groups in total. The summed E-state index contributed by atoms with van der Waals surface area (Å²) in [5.41, 5.74) is 3.01. The first-order valence-corrected chi connectivity index (χ1v) is 11.2. The monoisotopic (exact) mass is 425 g/mol. The molecule has 4 rings (SSSR count). The highest BCUT2D eigenvalue weighted by Gasteiger charge is 2.44. The number of carbonyl (C=O) groups excluding carboxylic acids is 2. The molecule has 2 aliphatic carbocycles. The number of carbonyl (C=O) groups is 2. The lowest BCUT2D eigenvalue weighted by molar-refractivity contribution is -0.146. The third kappa shape index (κ3) is 4.21. The first-order valence-electron chi connectivity index (χ1n) is 11.2. The molecule has 6 heteroatoms. The van der Waals surface area contributed by atoms with Crippen molar-refractivity contribution in [3.63, 3.8) is 0 Å². The zero-order valence-electron chi connectivity index (χ0n) is 18.5. The van der Waals surface area contributed by atoms with E-state index in [4.69, 9.17) is 14.2 Å². The third-order valence-corrected chi connectivity index (χ3v) is 6.63. The first-order chi connectivity index (χ1) is 15.0.